The molecule has 5 rings (SSSR count). The lowest BCUT2D eigenvalue weighted by Gasteiger charge is -2.10. The van der Waals surface area contributed by atoms with Gasteiger partial charge in [-0.2, -0.15) is 0 Å². The molecule has 0 spiro atoms. The lowest BCUT2D eigenvalue weighted by molar-refractivity contribution is -0.383. The van der Waals surface area contributed by atoms with Gasteiger partial charge in [0.1, 0.15) is 11.4 Å². The fourth-order valence-corrected chi connectivity index (χ4v) is 4.36. The number of nitro groups is 1. The molecule has 2 heterocycles. The Morgan fingerprint density at radius 2 is 1.82 bits per heavy atom. The summed E-state index contributed by atoms with van der Waals surface area (Å²) in [6.45, 7) is 3.02. The van der Waals surface area contributed by atoms with Crippen molar-refractivity contribution in [2.75, 3.05) is 5.32 Å². The first kappa shape index (κ1) is 26.6. The number of aromatic nitrogens is 5. The first-order valence-electron chi connectivity index (χ1n) is 13.1. The van der Waals surface area contributed by atoms with Crippen LogP contribution in [0.5, 0.6) is 17.2 Å². The standard InChI is InChI=1S/C28H29N7O5/c1-2-3-4-5-6-19-9-14-26(25(36)15-19)39-22-10-7-20(8-11-22)17-34-18-21(30-33-34)16-29-23-12-13-24(35(37)38)28-27(23)31-40-32-28/h7-15,18,29,36H,2-6,16-17H2,1H3. The predicted molar refractivity (Wildman–Crippen MR) is 147 cm³/mol. The number of ether oxygens (including phenoxy) is 1. The number of anilines is 1. The van der Waals surface area contributed by atoms with Crippen molar-refractivity contribution in [2.45, 2.75) is 52.1 Å². The van der Waals surface area contributed by atoms with Gasteiger partial charge < -0.3 is 15.2 Å². The molecule has 2 N–H and O–H groups in total. The van der Waals surface area contributed by atoms with Crippen LogP contribution in [0, 0.1) is 10.1 Å². The maximum atomic E-state index is 11.2. The fraction of sp³-hybridized carbons (Fsp3) is 0.286. The molecule has 0 radical (unpaired) electrons. The van der Waals surface area contributed by atoms with E-state index in [-0.39, 0.29) is 22.5 Å². The Morgan fingerprint density at radius 3 is 2.60 bits per heavy atom. The molecule has 2 aromatic heterocycles. The summed E-state index contributed by atoms with van der Waals surface area (Å²) in [7, 11) is 0. The van der Waals surface area contributed by atoms with E-state index in [4.69, 9.17) is 9.37 Å². The maximum absolute atomic E-state index is 11.2. The van der Waals surface area contributed by atoms with Crippen molar-refractivity contribution >= 4 is 22.4 Å². The topological polar surface area (TPSA) is 154 Å². The van der Waals surface area contributed by atoms with Crippen molar-refractivity contribution in [1.82, 2.24) is 25.3 Å². The minimum absolute atomic E-state index is 0.0797. The molecule has 0 saturated carbocycles. The van der Waals surface area contributed by atoms with Crippen LogP contribution in [0.4, 0.5) is 11.4 Å². The predicted octanol–water partition coefficient (Wildman–Crippen LogP) is 6.00. The molecular weight excluding hydrogens is 514 g/mol. The van der Waals surface area contributed by atoms with E-state index in [1.165, 1.54) is 25.3 Å². The molecule has 5 aromatic rings. The van der Waals surface area contributed by atoms with Crippen LogP contribution in [-0.4, -0.2) is 35.3 Å². The van der Waals surface area contributed by atoms with Crippen LogP contribution in [0.2, 0.25) is 0 Å². The lowest BCUT2D eigenvalue weighted by Crippen LogP contribution is -2.02. The molecule has 0 fully saturated rings. The summed E-state index contributed by atoms with van der Waals surface area (Å²) in [5.41, 5.74) is 3.49. The number of nitrogens with one attached hydrogen (secondary N) is 1. The highest BCUT2D eigenvalue weighted by molar-refractivity contribution is 5.93. The third-order valence-electron chi connectivity index (χ3n) is 6.47. The van der Waals surface area contributed by atoms with Crippen molar-refractivity contribution < 1.29 is 19.4 Å². The lowest BCUT2D eigenvalue weighted by atomic mass is 10.1. The molecule has 0 aliphatic rings. The van der Waals surface area contributed by atoms with Gasteiger partial charge in [-0.3, -0.25) is 10.1 Å². The van der Waals surface area contributed by atoms with Gasteiger partial charge in [0.05, 0.1) is 29.9 Å². The normalized spacial score (nSPS) is 11.1. The average Bonchev–Trinajstić information content (AvgIpc) is 3.62. The van der Waals surface area contributed by atoms with Crippen molar-refractivity contribution in [3.8, 4) is 17.2 Å². The molecule has 12 nitrogen and oxygen atoms in total. The van der Waals surface area contributed by atoms with E-state index in [2.05, 4.69) is 32.9 Å². The quantitative estimate of drug-likeness (QED) is 0.103. The number of aromatic hydroxyl groups is 1. The van der Waals surface area contributed by atoms with Crippen LogP contribution in [0.25, 0.3) is 11.0 Å². The summed E-state index contributed by atoms with van der Waals surface area (Å²) in [4.78, 5) is 10.6. The highest BCUT2D eigenvalue weighted by Crippen LogP contribution is 2.32. The first-order valence-corrected chi connectivity index (χ1v) is 13.1. The van der Waals surface area contributed by atoms with Crippen molar-refractivity contribution in [3.63, 3.8) is 0 Å². The second kappa shape index (κ2) is 12.2. The third-order valence-corrected chi connectivity index (χ3v) is 6.47. The number of phenolic OH excluding ortho intramolecular Hbond substituents is 1. The Bertz CT molecular complexity index is 1600. The highest BCUT2D eigenvalue weighted by atomic mass is 16.6. The summed E-state index contributed by atoms with van der Waals surface area (Å²) in [5, 5.41) is 40.5. The van der Waals surface area contributed by atoms with E-state index in [1.54, 1.807) is 16.8 Å². The van der Waals surface area contributed by atoms with E-state index < -0.39 is 4.92 Å². The Morgan fingerprint density at radius 1 is 1.02 bits per heavy atom. The SMILES string of the molecule is CCCCCCc1ccc(Oc2ccc(Cn3cc(CNc4ccc([N+](=O)[O-])c5nonc45)nn3)cc2)c(O)c1. The van der Waals surface area contributed by atoms with E-state index in [0.717, 1.165) is 24.0 Å². The summed E-state index contributed by atoms with van der Waals surface area (Å²) >= 11 is 0. The molecule has 0 bridgehead atoms. The Labute approximate surface area is 229 Å². The van der Waals surface area contributed by atoms with Crippen LogP contribution in [0.15, 0.2) is 65.4 Å². The van der Waals surface area contributed by atoms with Crippen LogP contribution < -0.4 is 10.1 Å². The summed E-state index contributed by atoms with van der Waals surface area (Å²) in [6.07, 6.45) is 7.50. The van der Waals surface area contributed by atoms with Crippen molar-refractivity contribution in [3.05, 3.63) is 87.7 Å². The summed E-state index contributed by atoms with van der Waals surface area (Å²) in [6, 6.07) is 16.0. The molecular formula is C28H29N7O5. The zero-order valence-electron chi connectivity index (χ0n) is 22.0. The van der Waals surface area contributed by atoms with Gasteiger partial charge in [-0.05, 0) is 64.6 Å². The first-order chi connectivity index (χ1) is 19.5. The molecule has 0 unspecified atom stereocenters. The second-order valence-electron chi connectivity index (χ2n) is 9.47. The van der Waals surface area contributed by atoms with Gasteiger partial charge in [0.25, 0.3) is 0 Å². The van der Waals surface area contributed by atoms with E-state index in [0.29, 0.717) is 36.0 Å². The van der Waals surface area contributed by atoms with Crippen LogP contribution in [-0.2, 0) is 19.5 Å². The number of rotatable bonds is 13. The Hall–Kier alpha value is -5.00. The summed E-state index contributed by atoms with van der Waals surface area (Å²) in [5.74, 6) is 1.18. The molecule has 12 heteroatoms. The number of phenols is 1. The number of aryl methyl sites for hydroxylation is 1. The molecule has 3 aromatic carbocycles. The third kappa shape index (κ3) is 6.34. The van der Waals surface area contributed by atoms with Gasteiger partial charge in [-0.1, -0.05) is 49.6 Å². The number of non-ortho nitro benzene ring substituents is 1. The van der Waals surface area contributed by atoms with Gasteiger partial charge in [0.15, 0.2) is 17.0 Å². The number of fused-ring (bicyclic) bond motifs is 1. The van der Waals surface area contributed by atoms with Gasteiger partial charge in [-0.15, -0.1) is 5.10 Å². The minimum atomic E-state index is -0.530. The Balaban J connectivity index is 1.15. The van der Waals surface area contributed by atoms with E-state index in [9.17, 15) is 15.2 Å². The van der Waals surface area contributed by atoms with Crippen LogP contribution in [0.1, 0.15) is 49.4 Å². The average molecular weight is 544 g/mol. The molecule has 0 amide bonds. The molecule has 206 valence electrons. The van der Waals surface area contributed by atoms with E-state index >= 15 is 0 Å². The number of hydrogen-bond acceptors (Lipinski definition) is 10. The zero-order valence-corrected chi connectivity index (χ0v) is 22.0. The van der Waals surface area contributed by atoms with Gasteiger partial charge in [0.2, 0.25) is 5.52 Å². The highest BCUT2D eigenvalue weighted by Gasteiger charge is 2.19. The van der Waals surface area contributed by atoms with Gasteiger partial charge in [0, 0.05) is 6.07 Å². The summed E-state index contributed by atoms with van der Waals surface area (Å²) < 4.78 is 12.3. The largest absolute Gasteiger partial charge is 0.504 e. The molecule has 0 atom stereocenters. The molecule has 40 heavy (non-hydrogen) atoms. The molecule has 0 aliphatic carbocycles. The smallest absolute Gasteiger partial charge is 0.300 e. The number of nitro benzene ring substituents is 1. The monoisotopic (exact) mass is 543 g/mol. The number of hydrogen-bond donors (Lipinski definition) is 2. The van der Waals surface area contributed by atoms with Crippen LogP contribution in [0.3, 0.4) is 0 Å². The molecule has 0 saturated heterocycles. The van der Waals surface area contributed by atoms with E-state index in [1.807, 2.05) is 42.6 Å². The maximum Gasteiger partial charge on any atom is 0.300 e. The zero-order chi connectivity index (χ0) is 27.9. The minimum Gasteiger partial charge on any atom is -0.504 e. The van der Waals surface area contributed by atoms with Crippen LogP contribution >= 0.6 is 0 Å². The van der Waals surface area contributed by atoms with Gasteiger partial charge >= 0.3 is 5.69 Å². The number of unbranched alkanes of at least 4 members (excludes halogenated alkanes) is 3. The fourth-order valence-electron chi connectivity index (χ4n) is 4.36. The second-order valence-corrected chi connectivity index (χ2v) is 9.47. The Kier molecular flexibility index (Phi) is 8.14. The van der Waals surface area contributed by atoms with Gasteiger partial charge in [-0.25, -0.2) is 9.31 Å². The number of nitrogens with zero attached hydrogens (tertiary/aromatic N) is 6. The molecule has 0 aliphatic heterocycles. The number of benzene rings is 3. The van der Waals surface area contributed by atoms with Crippen molar-refractivity contribution in [1.29, 1.82) is 0 Å². The van der Waals surface area contributed by atoms with Crippen molar-refractivity contribution in [2.24, 2.45) is 0 Å².